The highest BCUT2D eigenvalue weighted by molar-refractivity contribution is 9.10. The van der Waals surface area contributed by atoms with Gasteiger partial charge in [-0.2, -0.15) is 0 Å². The molecule has 4 aliphatic rings. The van der Waals surface area contributed by atoms with Gasteiger partial charge in [-0.1, -0.05) is 48.4 Å². The largest absolute Gasteiger partial charge is 0.458 e. The van der Waals surface area contributed by atoms with Crippen LogP contribution in [0.3, 0.4) is 0 Å². The number of ether oxygens (including phenoxy) is 2. The predicted molar refractivity (Wildman–Crippen MR) is 127 cm³/mol. The second kappa shape index (κ2) is 8.12. The summed E-state index contributed by atoms with van der Waals surface area (Å²) < 4.78 is 10.2. The number of halogens is 1. The highest BCUT2D eigenvalue weighted by Crippen LogP contribution is 2.72. The predicted octanol–water partition coefficient (Wildman–Crippen LogP) is 3.46. The van der Waals surface area contributed by atoms with Crippen LogP contribution in [0.1, 0.15) is 60.3 Å². The van der Waals surface area contributed by atoms with Crippen molar-refractivity contribution in [2.24, 2.45) is 28.6 Å². The Morgan fingerprint density at radius 3 is 2.47 bits per heavy atom. The van der Waals surface area contributed by atoms with Crippen LogP contribution in [0.4, 0.5) is 0 Å². The summed E-state index contributed by atoms with van der Waals surface area (Å²) in [6.07, 6.45) is 6.55. The fourth-order valence-electron chi connectivity index (χ4n) is 7.90. The summed E-state index contributed by atoms with van der Waals surface area (Å²) in [4.78, 5) is 49.5. The quantitative estimate of drug-likeness (QED) is 0.433. The van der Waals surface area contributed by atoms with Crippen molar-refractivity contribution in [2.45, 2.75) is 76.3 Å². The molecule has 0 aromatic carbocycles. The van der Waals surface area contributed by atoms with Crippen LogP contribution < -0.4 is 0 Å². The third-order valence-corrected chi connectivity index (χ3v) is 11.2. The molecule has 0 unspecified atom stereocenters. The van der Waals surface area contributed by atoms with E-state index < -0.39 is 51.2 Å². The van der Waals surface area contributed by atoms with E-state index in [0.717, 1.165) is 12.0 Å². The topological polar surface area (TPSA) is 107 Å². The highest BCUT2D eigenvalue weighted by atomic mass is 79.9. The second-order valence-electron chi connectivity index (χ2n) is 10.9. The molecule has 7 nitrogen and oxygen atoms in total. The zero-order valence-corrected chi connectivity index (χ0v) is 21.9. The normalized spacial score (nSPS) is 44.9. The number of aliphatic hydroxyl groups is 1. The molecule has 0 aliphatic heterocycles. The lowest BCUT2D eigenvalue weighted by molar-refractivity contribution is -0.201. The first-order chi connectivity index (χ1) is 15.7. The molecule has 4 rings (SSSR count). The van der Waals surface area contributed by atoms with Gasteiger partial charge >= 0.3 is 11.9 Å². The van der Waals surface area contributed by atoms with Gasteiger partial charge in [-0.05, 0) is 49.7 Å². The molecule has 0 radical (unpaired) electrons. The van der Waals surface area contributed by atoms with Crippen LogP contribution in [0.25, 0.3) is 0 Å². The minimum atomic E-state index is -1.51. The van der Waals surface area contributed by atoms with Crippen LogP contribution in [0.5, 0.6) is 0 Å². The Hall–Kier alpha value is -1.80. The summed E-state index contributed by atoms with van der Waals surface area (Å²) in [7, 11) is 0. The number of hydrogen-bond acceptors (Lipinski definition) is 7. The highest BCUT2D eigenvalue weighted by Gasteiger charge is 2.76. The average molecular weight is 537 g/mol. The van der Waals surface area contributed by atoms with Crippen molar-refractivity contribution in [3.05, 3.63) is 23.8 Å². The molecule has 0 spiro atoms. The Morgan fingerprint density at radius 2 is 1.85 bits per heavy atom. The summed E-state index contributed by atoms with van der Waals surface area (Å²) >= 11 is 4.00. The van der Waals surface area contributed by atoms with Gasteiger partial charge in [0.1, 0.15) is 0 Å². The number of rotatable bonds is 4. The third kappa shape index (κ3) is 3.16. The van der Waals surface area contributed by atoms with E-state index >= 15 is 0 Å². The lowest BCUT2D eigenvalue weighted by Crippen LogP contribution is -2.69. The van der Waals surface area contributed by atoms with E-state index in [0.29, 0.717) is 12.8 Å². The molecule has 0 saturated heterocycles. The van der Waals surface area contributed by atoms with E-state index in [1.54, 1.807) is 12.2 Å². The number of esters is 2. The van der Waals surface area contributed by atoms with Gasteiger partial charge in [0.15, 0.2) is 18.0 Å². The summed E-state index contributed by atoms with van der Waals surface area (Å²) in [5.41, 5.74) is -1.94. The first kappa shape index (κ1) is 25.3. The van der Waals surface area contributed by atoms with Gasteiger partial charge in [-0.25, -0.2) is 0 Å². The summed E-state index contributed by atoms with van der Waals surface area (Å²) in [5.74, 6) is -2.07. The molecule has 3 fully saturated rings. The van der Waals surface area contributed by atoms with E-state index in [1.165, 1.54) is 13.8 Å². The maximum absolute atomic E-state index is 13.6. The third-order valence-electron chi connectivity index (χ3n) is 9.31. The van der Waals surface area contributed by atoms with Gasteiger partial charge in [-0.3, -0.25) is 19.2 Å². The molecule has 186 valence electrons. The molecule has 1 N–H and O–H groups in total. The number of carbonyl (C=O) groups is 4. The maximum Gasteiger partial charge on any atom is 0.303 e. The van der Waals surface area contributed by atoms with E-state index in [4.69, 9.17) is 9.47 Å². The van der Waals surface area contributed by atoms with Crippen molar-refractivity contribution in [1.82, 2.24) is 0 Å². The van der Waals surface area contributed by atoms with Crippen LogP contribution in [0, 0.1) is 28.6 Å². The van der Waals surface area contributed by atoms with Gasteiger partial charge in [0.05, 0.1) is 10.4 Å². The van der Waals surface area contributed by atoms with Gasteiger partial charge in [0, 0.05) is 30.6 Å². The molecule has 34 heavy (non-hydrogen) atoms. The van der Waals surface area contributed by atoms with E-state index in [9.17, 15) is 24.3 Å². The van der Waals surface area contributed by atoms with Crippen LogP contribution in [-0.4, -0.2) is 51.2 Å². The lowest BCUT2D eigenvalue weighted by atomic mass is 9.46. The fourth-order valence-corrected chi connectivity index (χ4v) is 9.00. The molecular weight excluding hydrogens is 504 g/mol. The van der Waals surface area contributed by atoms with Crippen molar-refractivity contribution < 1.29 is 33.8 Å². The summed E-state index contributed by atoms with van der Waals surface area (Å²) in [6.45, 7) is 7.91. The first-order valence-corrected chi connectivity index (χ1v) is 12.7. The number of carbonyl (C=O) groups excluding carboxylic acids is 4. The van der Waals surface area contributed by atoms with Gasteiger partial charge in [0.25, 0.3) is 0 Å². The zero-order chi connectivity index (χ0) is 25.3. The molecule has 0 heterocycles. The van der Waals surface area contributed by atoms with Crippen molar-refractivity contribution in [2.75, 3.05) is 6.61 Å². The molecule has 0 aromatic heterocycles. The second-order valence-corrected chi connectivity index (χ2v) is 12.2. The smallest absolute Gasteiger partial charge is 0.303 e. The number of hydrogen-bond donors (Lipinski definition) is 1. The minimum absolute atomic E-state index is 0.0392. The molecule has 0 aromatic rings. The number of allylic oxidation sites excluding steroid dienone is 4. The first-order valence-electron chi connectivity index (χ1n) is 11.9. The Bertz CT molecular complexity index is 1020. The number of alkyl halides is 1. The minimum Gasteiger partial charge on any atom is -0.458 e. The van der Waals surface area contributed by atoms with Gasteiger partial charge in [-0.15, -0.1) is 0 Å². The molecule has 0 amide bonds. The number of Topliss-reactive ketones (excluding diaryl/α,β-unsaturated/α-hetero) is 1. The van der Waals surface area contributed by atoms with Crippen molar-refractivity contribution in [3.63, 3.8) is 0 Å². The van der Waals surface area contributed by atoms with Crippen LogP contribution in [0.2, 0.25) is 0 Å². The van der Waals surface area contributed by atoms with Crippen LogP contribution in [-0.2, 0) is 28.7 Å². The molecule has 8 atom stereocenters. The zero-order valence-electron chi connectivity index (χ0n) is 20.4. The monoisotopic (exact) mass is 536 g/mol. The maximum atomic E-state index is 13.6. The lowest BCUT2D eigenvalue weighted by Gasteiger charge is -2.64. The number of fused-ring (bicyclic) bond motifs is 5. The van der Waals surface area contributed by atoms with Crippen LogP contribution in [0.15, 0.2) is 23.8 Å². The Kier molecular flexibility index (Phi) is 6.04. The fraction of sp³-hybridized carbons (Fsp3) is 0.692. The van der Waals surface area contributed by atoms with E-state index in [-0.39, 0.29) is 30.0 Å². The summed E-state index contributed by atoms with van der Waals surface area (Å²) in [6, 6.07) is 0. The Morgan fingerprint density at radius 1 is 1.18 bits per heavy atom. The van der Waals surface area contributed by atoms with Crippen LogP contribution >= 0.6 is 15.9 Å². The molecule has 3 saturated carbocycles. The number of aliphatic hydroxyl groups excluding tert-OH is 1. The van der Waals surface area contributed by atoms with Gasteiger partial charge in [0.2, 0.25) is 5.78 Å². The molecule has 4 aliphatic carbocycles. The summed E-state index contributed by atoms with van der Waals surface area (Å²) in [5, 5.41) is 11.8. The van der Waals surface area contributed by atoms with Crippen molar-refractivity contribution in [3.8, 4) is 0 Å². The van der Waals surface area contributed by atoms with Crippen molar-refractivity contribution in [1.29, 1.82) is 0 Å². The Labute approximate surface area is 208 Å². The average Bonchev–Trinajstić information content (AvgIpc) is 2.95. The molecule has 0 bridgehead atoms. The molecule has 8 heteroatoms. The van der Waals surface area contributed by atoms with E-state index in [1.807, 2.05) is 19.9 Å². The molecular formula is C26H33BrO7. The van der Waals surface area contributed by atoms with Gasteiger partial charge < -0.3 is 14.6 Å². The Balaban J connectivity index is 1.82. The van der Waals surface area contributed by atoms with Crippen molar-refractivity contribution >= 4 is 39.4 Å². The SMILES string of the molecule is CC(=O)OCC(=O)[C@@]1(OC(C)=O)[C@@H](C)C[C@H]2[C@@H]3CCC4=CC(=O)C=C[C@]4(C)[C@@]3(Br)[C@@H](O)C[C@@]21C. The van der Waals surface area contributed by atoms with E-state index in [2.05, 4.69) is 22.9 Å². The standard InChI is InChI=1S/C26H33BrO7/c1-14-10-20-19-7-6-17-11-18(30)8-9-23(17,4)25(19,27)21(31)12-24(20,5)26(14,34-16(3)29)22(32)13-33-15(2)28/h8-9,11,14,19-21,31H,6-7,10,12-13H2,1-5H3/t14-,19-,20-,21-,23-,24-,25-,26-/m0/s1. The number of ketones is 2.